The predicted molar refractivity (Wildman–Crippen MR) is 54.4 cm³/mol. The van der Waals surface area contributed by atoms with Crippen molar-refractivity contribution in [1.29, 1.82) is 0 Å². The van der Waals surface area contributed by atoms with E-state index in [0.29, 0.717) is 6.42 Å². The lowest BCUT2D eigenvalue weighted by Gasteiger charge is -2.02. The molecule has 1 aromatic heterocycles. The maximum absolute atomic E-state index is 8.46. The second kappa shape index (κ2) is 4.64. The number of rotatable bonds is 4. The normalized spacial score (nSPS) is 12.0. The van der Waals surface area contributed by atoms with Gasteiger partial charge >= 0.3 is 0 Å². The van der Waals surface area contributed by atoms with Crippen LogP contribution in [0, 0.1) is 0 Å². The summed E-state index contributed by atoms with van der Waals surface area (Å²) in [4.78, 5) is 0. The molecule has 0 aliphatic heterocycles. The van der Waals surface area contributed by atoms with Crippen molar-refractivity contribution in [3.05, 3.63) is 17.5 Å². The molecule has 0 aliphatic rings. The fourth-order valence-corrected chi connectivity index (χ4v) is 1.32. The van der Waals surface area contributed by atoms with Crippen LogP contribution in [-0.4, -0.2) is 20.8 Å². The Bertz CT molecular complexity index is 330. The lowest BCUT2D eigenvalue weighted by atomic mass is 10.2. The van der Waals surface area contributed by atoms with E-state index in [1.54, 1.807) is 0 Å². The number of nitrogens with zero attached hydrogens (tertiary/aromatic N) is 3. The standard InChI is InChI=1S/C9H16N4O/c1-3-7-5-8(6-9(10)12-14)13(4-2)11-7/h5,14H,3-4,6H2,1-2H3,(H2,10,12). The first-order chi connectivity index (χ1) is 6.71. The van der Waals surface area contributed by atoms with Gasteiger partial charge in [0.2, 0.25) is 0 Å². The highest BCUT2D eigenvalue weighted by Crippen LogP contribution is 2.06. The number of aryl methyl sites for hydroxylation is 2. The Labute approximate surface area is 83.2 Å². The summed E-state index contributed by atoms with van der Waals surface area (Å²) in [6.07, 6.45) is 1.34. The van der Waals surface area contributed by atoms with E-state index in [2.05, 4.69) is 17.2 Å². The summed E-state index contributed by atoms with van der Waals surface area (Å²) >= 11 is 0. The molecule has 14 heavy (non-hydrogen) atoms. The number of amidine groups is 1. The number of nitrogens with two attached hydrogens (primary N) is 1. The van der Waals surface area contributed by atoms with Crippen molar-refractivity contribution in [2.24, 2.45) is 10.9 Å². The molecule has 0 fully saturated rings. The highest BCUT2D eigenvalue weighted by molar-refractivity contribution is 5.81. The molecule has 3 N–H and O–H groups in total. The molecule has 5 nitrogen and oxygen atoms in total. The Morgan fingerprint density at radius 2 is 2.36 bits per heavy atom. The third-order valence-corrected chi connectivity index (χ3v) is 2.07. The molecule has 0 aromatic carbocycles. The van der Waals surface area contributed by atoms with E-state index in [9.17, 15) is 0 Å². The molecule has 1 heterocycles. The molecule has 0 saturated carbocycles. The van der Waals surface area contributed by atoms with E-state index in [1.165, 1.54) is 0 Å². The first-order valence-corrected chi connectivity index (χ1v) is 4.73. The average Bonchev–Trinajstić information content (AvgIpc) is 2.60. The van der Waals surface area contributed by atoms with Crippen molar-refractivity contribution in [1.82, 2.24) is 9.78 Å². The zero-order valence-electron chi connectivity index (χ0n) is 8.56. The Hall–Kier alpha value is -1.52. The number of oxime groups is 1. The molecule has 5 heteroatoms. The Kier molecular flexibility index (Phi) is 3.50. The van der Waals surface area contributed by atoms with Crippen molar-refractivity contribution in [2.45, 2.75) is 33.2 Å². The zero-order chi connectivity index (χ0) is 10.6. The molecule has 78 valence electrons. The summed E-state index contributed by atoms with van der Waals surface area (Å²) in [7, 11) is 0. The Balaban J connectivity index is 2.89. The van der Waals surface area contributed by atoms with Gasteiger partial charge in [-0.2, -0.15) is 5.10 Å². The molecule has 1 rings (SSSR count). The van der Waals surface area contributed by atoms with Crippen molar-refractivity contribution in [2.75, 3.05) is 0 Å². The van der Waals surface area contributed by atoms with Gasteiger partial charge in [0.05, 0.1) is 12.1 Å². The summed E-state index contributed by atoms with van der Waals surface area (Å²) in [5, 5.41) is 15.8. The molecule has 0 saturated heterocycles. The van der Waals surface area contributed by atoms with Gasteiger partial charge < -0.3 is 10.9 Å². The van der Waals surface area contributed by atoms with Crippen LogP contribution in [-0.2, 0) is 19.4 Å². The van der Waals surface area contributed by atoms with E-state index in [0.717, 1.165) is 24.4 Å². The highest BCUT2D eigenvalue weighted by atomic mass is 16.4. The van der Waals surface area contributed by atoms with E-state index >= 15 is 0 Å². The Morgan fingerprint density at radius 3 is 2.86 bits per heavy atom. The molecule has 0 bridgehead atoms. The third-order valence-electron chi connectivity index (χ3n) is 2.07. The SMILES string of the molecule is CCc1cc(CC(N)=NO)n(CC)n1. The number of hydrogen-bond acceptors (Lipinski definition) is 3. The largest absolute Gasteiger partial charge is 0.409 e. The van der Waals surface area contributed by atoms with Crippen LogP contribution in [0.15, 0.2) is 11.2 Å². The van der Waals surface area contributed by atoms with Crippen LogP contribution < -0.4 is 5.73 Å². The van der Waals surface area contributed by atoms with Gasteiger partial charge in [0.1, 0.15) is 5.84 Å². The van der Waals surface area contributed by atoms with Gasteiger partial charge in [-0.3, -0.25) is 4.68 Å². The van der Waals surface area contributed by atoms with Gasteiger partial charge in [-0.25, -0.2) is 0 Å². The van der Waals surface area contributed by atoms with Crippen molar-refractivity contribution < 1.29 is 5.21 Å². The summed E-state index contributed by atoms with van der Waals surface area (Å²) in [6, 6.07) is 1.99. The van der Waals surface area contributed by atoms with Gasteiger partial charge in [0.25, 0.3) is 0 Å². The van der Waals surface area contributed by atoms with Gasteiger partial charge in [0.15, 0.2) is 0 Å². The van der Waals surface area contributed by atoms with Crippen molar-refractivity contribution in [3.8, 4) is 0 Å². The molecular formula is C9H16N4O. The van der Waals surface area contributed by atoms with Gasteiger partial charge in [-0.1, -0.05) is 12.1 Å². The van der Waals surface area contributed by atoms with Crippen LogP contribution in [0.25, 0.3) is 0 Å². The molecule has 0 unspecified atom stereocenters. The maximum Gasteiger partial charge on any atom is 0.145 e. The van der Waals surface area contributed by atoms with Crippen LogP contribution in [0.3, 0.4) is 0 Å². The lowest BCUT2D eigenvalue weighted by Crippen LogP contribution is -2.17. The van der Waals surface area contributed by atoms with Crippen LogP contribution >= 0.6 is 0 Å². The van der Waals surface area contributed by atoms with Crippen LogP contribution in [0.5, 0.6) is 0 Å². The van der Waals surface area contributed by atoms with Gasteiger partial charge in [-0.05, 0) is 19.4 Å². The van der Waals surface area contributed by atoms with Crippen molar-refractivity contribution in [3.63, 3.8) is 0 Å². The van der Waals surface area contributed by atoms with Crippen LogP contribution in [0.2, 0.25) is 0 Å². The predicted octanol–water partition coefficient (Wildman–Crippen LogP) is 0.754. The summed E-state index contributed by atoms with van der Waals surface area (Å²) in [5.41, 5.74) is 7.46. The minimum Gasteiger partial charge on any atom is -0.409 e. The average molecular weight is 196 g/mol. The molecule has 0 amide bonds. The molecule has 0 atom stereocenters. The van der Waals surface area contributed by atoms with Crippen LogP contribution in [0.1, 0.15) is 25.2 Å². The molecule has 1 aromatic rings. The van der Waals surface area contributed by atoms with Gasteiger partial charge in [0, 0.05) is 12.2 Å². The second-order valence-electron chi connectivity index (χ2n) is 3.06. The summed E-state index contributed by atoms with van der Waals surface area (Å²) in [6.45, 7) is 4.87. The zero-order valence-corrected chi connectivity index (χ0v) is 8.56. The fourth-order valence-electron chi connectivity index (χ4n) is 1.32. The van der Waals surface area contributed by atoms with Crippen molar-refractivity contribution >= 4 is 5.84 Å². The Morgan fingerprint density at radius 1 is 1.64 bits per heavy atom. The quantitative estimate of drug-likeness (QED) is 0.323. The molecular weight excluding hydrogens is 180 g/mol. The first-order valence-electron chi connectivity index (χ1n) is 4.73. The molecule has 0 spiro atoms. The monoisotopic (exact) mass is 196 g/mol. The van der Waals surface area contributed by atoms with E-state index < -0.39 is 0 Å². The highest BCUT2D eigenvalue weighted by Gasteiger charge is 2.07. The lowest BCUT2D eigenvalue weighted by molar-refractivity contribution is 0.317. The van der Waals surface area contributed by atoms with E-state index in [1.807, 2.05) is 17.7 Å². The van der Waals surface area contributed by atoms with E-state index in [4.69, 9.17) is 10.9 Å². The van der Waals surface area contributed by atoms with E-state index in [-0.39, 0.29) is 5.84 Å². The maximum atomic E-state index is 8.46. The second-order valence-corrected chi connectivity index (χ2v) is 3.06. The fraction of sp³-hybridized carbons (Fsp3) is 0.556. The number of aromatic nitrogens is 2. The summed E-state index contributed by atoms with van der Waals surface area (Å²) in [5.74, 6) is 0.210. The third kappa shape index (κ3) is 2.25. The minimum atomic E-state index is 0.210. The van der Waals surface area contributed by atoms with Gasteiger partial charge in [-0.15, -0.1) is 0 Å². The molecule has 0 aliphatic carbocycles. The smallest absolute Gasteiger partial charge is 0.145 e. The summed E-state index contributed by atoms with van der Waals surface area (Å²) < 4.78 is 1.87. The minimum absolute atomic E-state index is 0.210. The number of hydrogen-bond donors (Lipinski definition) is 2. The van der Waals surface area contributed by atoms with Crippen LogP contribution in [0.4, 0.5) is 0 Å². The topological polar surface area (TPSA) is 76.4 Å². The molecule has 0 radical (unpaired) electrons. The first kappa shape index (κ1) is 10.6.